The first-order valence-corrected chi connectivity index (χ1v) is 9.04. The molecular weight excluding hydrogens is 320 g/mol. The maximum atomic E-state index is 11.1. The molecule has 0 radical (unpaired) electrons. The average molecular weight is 344 g/mol. The van der Waals surface area contributed by atoms with E-state index in [1.165, 1.54) is 29.2 Å². The molecule has 132 valence electrons. The fraction of sp³-hybridized carbons (Fsp3) is 0.208. The van der Waals surface area contributed by atoms with Gasteiger partial charge in [-0.05, 0) is 46.7 Å². The van der Waals surface area contributed by atoms with E-state index in [0.29, 0.717) is 0 Å². The van der Waals surface area contributed by atoms with Crippen molar-refractivity contribution in [1.29, 1.82) is 0 Å². The summed E-state index contributed by atoms with van der Waals surface area (Å²) in [6.07, 6.45) is 0.808. The number of benzene rings is 3. The minimum absolute atomic E-state index is 0.238. The number of ether oxygens (including phenoxy) is 1. The summed E-state index contributed by atoms with van der Waals surface area (Å²) in [6, 6.07) is 25.4. The molecule has 0 aromatic heterocycles. The third-order valence-electron chi connectivity index (χ3n) is 4.63. The molecule has 0 bridgehead atoms. The molecule has 0 N–H and O–H groups in total. The molecule has 0 aliphatic carbocycles. The number of hydrogen-bond acceptors (Lipinski definition) is 2. The van der Waals surface area contributed by atoms with Gasteiger partial charge in [0.1, 0.15) is 6.10 Å². The molecule has 0 amide bonds. The highest BCUT2D eigenvalue weighted by molar-refractivity contribution is 5.83. The van der Waals surface area contributed by atoms with E-state index >= 15 is 0 Å². The van der Waals surface area contributed by atoms with Gasteiger partial charge in [-0.25, -0.2) is 0 Å². The predicted octanol–water partition coefficient (Wildman–Crippen LogP) is 6.21. The van der Waals surface area contributed by atoms with Gasteiger partial charge in [0.15, 0.2) is 0 Å². The number of hydrogen-bond donors (Lipinski definition) is 0. The molecular formula is C24H24O2. The number of aryl methyl sites for hydroxylation is 1. The molecule has 3 aromatic carbocycles. The van der Waals surface area contributed by atoms with Crippen LogP contribution in [0.3, 0.4) is 0 Å². The number of rotatable bonds is 5. The van der Waals surface area contributed by atoms with Gasteiger partial charge in [-0.3, -0.25) is 4.79 Å². The van der Waals surface area contributed by atoms with Crippen molar-refractivity contribution >= 4 is 5.97 Å². The van der Waals surface area contributed by atoms with Gasteiger partial charge in [-0.2, -0.15) is 0 Å². The summed E-state index contributed by atoms with van der Waals surface area (Å²) in [7, 11) is 0. The van der Waals surface area contributed by atoms with Gasteiger partial charge in [0.2, 0.25) is 0 Å². The van der Waals surface area contributed by atoms with Crippen LogP contribution in [0.5, 0.6) is 0 Å². The molecule has 0 aliphatic heterocycles. The predicted molar refractivity (Wildman–Crippen MR) is 107 cm³/mol. The van der Waals surface area contributed by atoms with Crippen LogP contribution < -0.4 is 0 Å². The van der Waals surface area contributed by atoms with Gasteiger partial charge in [0, 0.05) is 6.92 Å². The molecule has 0 aliphatic rings. The molecule has 0 saturated carbocycles. The van der Waals surface area contributed by atoms with Crippen LogP contribution in [-0.4, -0.2) is 5.97 Å². The van der Waals surface area contributed by atoms with Crippen LogP contribution in [0.4, 0.5) is 0 Å². The third kappa shape index (κ3) is 4.02. The first-order chi connectivity index (χ1) is 12.6. The van der Waals surface area contributed by atoms with Crippen molar-refractivity contribution in [3.05, 3.63) is 83.9 Å². The van der Waals surface area contributed by atoms with Crippen molar-refractivity contribution in [1.82, 2.24) is 0 Å². The minimum Gasteiger partial charge on any atom is -0.458 e. The molecule has 2 nitrogen and oxygen atoms in total. The van der Waals surface area contributed by atoms with E-state index in [1.54, 1.807) is 0 Å². The summed E-state index contributed by atoms with van der Waals surface area (Å²) in [6.45, 7) is 5.49. The fourth-order valence-corrected chi connectivity index (χ4v) is 3.16. The molecule has 0 saturated heterocycles. The molecule has 26 heavy (non-hydrogen) atoms. The summed E-state index contributed by atoms with van der Waals surface area (Å²) in [4.78, 5) is 11.1. The quantitative estimate of drug-likeness (QED) is 0.515. The smallest absolute Gasteiger partial charge is 0.303 e. The molecule has 1 atom stereocenters. The Morgan fingerprint density at radius 2 is 1.35 bits per heavy atom. The number of carbonyl (C=O) groups excluding carboxylic acids is 1. The van der Waals surface area contributed by atoms with Crippen molar-refractivity contribution in [2.45, 2.75) is 33.3 Å². The summed E-state index contributed by atoms with van der Waals surface area (Å²) in [5.41, 5.74) is 7.12. The summed E-state index contributed by atoms with van der Waals surface area (Å²) in [5.74, 6) is -0.262. The minimum atomic E-state index is -0.262. The normalized spacial score (nSPS) is 11.8. The van der Waals surface area contributed by atoms with E-state index in [4.69, 9.17) is 4.74 Å². The van der Waals surface area contributed by atoms with E-state index in [0.717, 1.165) is 17.5 Å². The first-order valence-electron chi connectivity index (χ1n) is 9.04. The largest absolute Gasteiger partial charge is 0.458 e. The van der Waals surface area contributed by atoms with Gasteiger partial charge >= 0.3 is 5.97 Å². The van der Waals surface area contributed by atoms with E-state index in [2.05, 4.69) is 67.6 Å². The van der Waals surface area contributed by atoms with Crippen LogP contribution in [0, 0.1) is 0 Å². The highest BCUT2D eigenvalue weighted by atomic mass is 16.5. The van der Waals surface area contributed by atoms with Gasteiger partial charge in [-0.15, -0.1) is 0 Å². The van der Waals surface area contributed by atoms with Gasteiger partial charge in [0.05, 0.1) is 0 Å². The maximum absolute atomic E-state index is 11.1. The Kier molecular flexibility index (Phi) is 5.52. The number of esters is 1. The van der Waals surface area contributed by atoms with Crippen LogP contribution in [0.25, 0.3) is 22.3 Å². The lowest BCUT2D eigenvalue weighted by atomic mass is 9.93. The second-order valence-electron chi connectivity index (χ2n) is 6.47. The van der Waals surface area contributed by atoms with E-state index in [-0.39, 0.29) is 12.1 Å². The zero-order chi connectivity index (χ0) is 18.5. The molecule has 3 aromatic rings. The average Bonchev–Trinajstić information content (AvgIpc) is 2.68. The zero-order valence-corrected chi connectivity index (χ0v) is 15.5. The summed E-state index contributed by atoms with van der Waals surface area (Å²) < 4.78 is 5.26. The number of carbonyl (C=O) groups is 1. The van der Waals surface area contributed by atoms with Crippen molar-refractivity contribution < 1.29 is 9.53 Å². The van der Waals surface area contributed by atoms with Crippen LogP contribution in [0.2, 0.25) is 0 Å². The summed E-state index contributed by atoms with van der Waals surface area (Å²) >= 11 is 0. The fourth-order valence-electron chi connectivity index (χ4n) is 3.16. The lowest BCUT2D eigenvalue weighted by Gasteiger charge is -2.14. The molecule has 0 fully saturated rings. The Balaban J connectivity index is 1.93. The van der Waals surface area contributed by atoms with Crippen molar-refractivity contribution in [2.75, 3.05) is 0 Å². The zero-order valence-electron chi connectivity index (χ0n) is 15.5. The van der Waals surface area contributed by atoms with E-state index in [9.17, 15) is 4.79 Å². The van der Waals surface area contributed by atoms with Crippen LogP contribution in [0.1, 0.15) is 38.0 Å². The lowest BCUT2D eigenvalue weighted by molar-refractivity contribution is -0.145. The Morgan fingerprint density at radius 3 is 1.81 bits per heavy atom. The van der Waals surface area contributed by atoms with Crippen LogP contribution in [-0.2, 0) is 16.0 Å². The van der Waals surface area contributed by atoms with E-state index in [1.807, 2.05) is 19.1 Å². The van der Waals surface area contributed by atoms with Crippen LogP contribution in [0.15, 0.2) is 72.8 Å². The Morgan fingerprint density at radius 1 is 0.846 bits per heavy atom. The first kappa shape index (κ1) is 17.9. The third-order valence-corrected chi connectivity index (χ3v) is 4.63. The summed E-state index contributed by atoms with van der Waals surface area (Å²) in [5, 5.41) is 0. The van der Waals surface area contributed by atoms with Crippen molar-refractivity contribution in [2.24, 2.45) is 0 Å². The molecule has 0 heterocycles. The Labute approximate surface area is 155 Å². The maximum Gasteiger partial charge on any atom is 0.303 e. The van der Waals surface area contributed by atoms with Gasteiger partial charge < -0.3 is 4.74 Å². The molecule has 3 rings (SSSR count). The lowest BCUT2D eigenvalue weighted by Crippen LogP contribution is -2.04. The Hall–Kier alpha value is -2.87. The van der Waals surface area contributed by atoms with Gasteiger partial charge in [0.25, 0.3) is 0 Å². The topological polar surface area (TPSA) is 26.3 Å². The second-order valence-corrected chi connectivity index (χ2v) is 6.47. The second kappa shape index (κ2) is 8.01. The monoisotopic (exact) mass is 344 g/mol. The molecule has 1 unspecified atom stereocenters. The van der Waals surface area contributed by atoms with Crippen molar-refractivity contribution in [3.8, 4) is 22.3 Å². The molecule has 0 spiro atoms. The highest BCUT2D eigenvalue weighted by Crippen LogP contribution is 2.33. The Bertz CT molecular complexity index is 877. The van der Waals surface area contributed by atoms with Crippen LogP contribution >= 0.6 is 0 Å². The van der Waals surface area contributed by atoms with E-state index < -0.39 is 0 Å². The highest BCUT2D eigenvalue weighted by Gasteiger charge is 2.10. The van der Waals surface area contributed by atoms with Gasteiger partial charge in [-0.1, -0.05) is 79.7 Å². The standard InChI is InChI=1S/C24H24O2/c1-4-19-9-11-21(12-10-19)23-7-5-6-8-24(23)22-15-13-20(14-16-22)17(2)26-18(3)25/h5-17H,4H2,1-3H3. The van der Waals surface area contributed by atoms with Crippen molar-refractivity contribution in [3.63, 3.8) is 0 Å². The molecule has 2 heteroatoms. The SMILES string of the molecule is CCc1ccc(-c2ccccc2-c2ccc(C(C)OC(C)=O)cc2)cc1.